The first-order chi connectivity index (χ1) is 13.4. The van der Waals surface area contributed by atoms with Gasteiger partial charge in [-0.1, -0.05) is 0 Å². The lowest BCUT2D eigenvalue weighted by molar-refractivity contribution is 0.129. The van der Waals surface area contributed by atoms with Crippen molar-refractivity contribution < 1.29 is 9.53 Å². The maximum Gasteiger partial charge on any atom is 0.317 e. The van der Waals surface area contributed by atoms with Gasteiger partial charge >= 0.3 is 6.03 Å². The molecule has 1 saturated heterocycles. The van der Waals surface area contributed by atoms with Gasteiger partial charge in [-0.05, 0) is 62.4 Å². The predicted molar refractivity (Wildman–Crippen MR) is 105 cm³/mol. The molecule has 0 atom stereocenters. The van der Waals surface area contributed by atoms with Crippen LogP contribution in [0, 0.1) is 0 Å². The molecule has 9 heteroatoms. The Hall–Kier alpha value is -2.68. The molecule has 0 spiro atoms. The van der Waals surface area contributed by atoms with Crippen LogP contribution in [0.3, 0.4) is 0 Å². The summed E-state index contributed by atoms with van der Waals surface area (Å²) < 4.78 is 7.23. The summed E-state index contributed by atoms with van der Waals surface area (Å²) in [6.07, 6.45) is 0. The number of rotatable bonds is 5. The normalized spacial score (nSPS) is 15.5. The van der Waals surface area contributed by atoms with E-state index < -0.39 is 0 Å². The number of ether oxygens (including phenoxy) is 1. The Kier molecular flexibility index (Phi) is 6.13. The van der Waals surface area contributed by atoms with Crippen LogP contribution in [0.4, 0.5) is 4.79 Å². The average Bonchev–Trinajstić information content (AvgIpc) is 3.10. The van der Waals surface area contributed by atoms with Crippen LogP contribution in [0.2, 0.25) is 0 Å². The lowest BCUT2D eigenvalue weighted by Crippen LogP contribution is -2.54. The Morgan fingerprint density at radius 2 is 1.82 bits per heavy atom. The fraction of sp³-hybridized carbons (Fsp3) is 0.579. The van der Waals surface area contributed by atoms with Crippen LogP contribution in [-0.4, -0.2) is 74.4 Å². The van der Waals surface area contributed by atoms with Gasteiger partial charge in [0.05, 0.1) is 18.8 Å². The molecular weight excluding hydrogens is 358 g/mol. The minimum Gasteiger partial charge on any atom is -0.494 e. The molecule has 1 aromatic heterocycles. The van der Waals surface area contributed by atoms with Crippen LogP contribution in [-0.2, 0) is 6.54 Å². The number of amides is 2. The maximum absolute atomic E-state index is 12.3. The van der Waals surface area contributed by atoms with Crippen molar-refractivity contribution in [1.82, 2.24) is 35.3 Å². The van der Waals surface area contributed by atoms with Gasteiger partial charge in [-0.3, -0.25) is 4.90 Å². The van der Waals surface area contributed by atoms with E-state index in [0.717, 1.165) is 30.4 Å². The summed E-state index contributed by atoms with van der Waals surface area (Å²) in [5.41, 5.74) is 0.667. The number of urea groups is 1. The van der Waals surface area contributed by atoms with Gasteiger partial charge in [0.2, 0.25) is 0 Å². The SMILES string of the molecule is CCOc1ccc(-n2nnnc2CN2CCN(C(=O)NC(C)(C)C)CC2)cc1. The Bertz CT molecular complexity index is 774. The highest BCUT2D eigenvalue weighted by Gasteiger charge is 2.25. The van der Waals surface area contributed by atoms with Crippen molar-refractivity contribution >= 4 is 6.03 Å². The summed E-state index contributed by atoms with van der Waals surface area (Å²) >= 11 is 0. The highest BCUT2D eigenvalue weighted by atomic mass is 16.5. The van der Waals surface area contributed by atoms with E-state index in [2.05, 4.69) is 25.7 Å². The molecule has 1 aromatic carbocycles. The standard InChI is InChI=1S/C19H29N7O2/c1-5-28-16-8-6-15(7-9-16)26-17(21-22-23-26)14-24-10-12-25(13-11-24)18(27)20-19(2,3)4/h6-9H,5,10-14H2,1-4H3,(H,20,27). The zero-order valence-electron chi connectivity index (χ0n) is 17.1. The van der Waals surface area contributed by atoms with E-state index in [9.17, 15) is 4.79 Å². The largest absolute Gasteiger partial charge is 0.494 e. The van der Waals surface area contributed by atoms with E-state index >= 15 is 0 Å². The number of carbonyl (C=O) groups is 1. The first kappa shape index (κ1) is 20.1. The molecule has 28 heavy (non-hydrogen) atoms. The van der Waals surface area contributed by atoms with Gasteiger partial charge in [-0.2, -0.15) is 4.68 Å². The number of piperazine rings is 1. The van der Waals surface area contributed by atoms with E-state index in [1.807, 2.05) is 56.9 Å². The molecule has 0 aliphatic carbocycles. The van der Waals surface area contributed by atoms with Gasteiger partial charge in [0.15, 0.2) is 5.82 Å². The number of nitrogens with zero attached hydrogens (tertiary/aromatic N) is 6. The van der Waals surface area contributed by atoms with Gasteiger partial charge in [-0.15, -0.1) is 5.10 Å². The topological polar surface area (TPSA) is 88.4 Å². The molecule has 0 saturated carbocycles. The van der Waals surface area contributed by atoms with E-state index in [4.69, 9.17) is 4.74 Å². The van der Waals surface area contributed by atoms with Crippen molar-refractivity contribution in [3.05, 3.63) is 30.1 Å². The number of benzene rings is 1. The van der Waals surface area contributed by atoms with Gasteiger partial charge in [0.25, 0.3) is 0 Å². The quantitative estimate of drug-likeness (QED) is 0.840. The summed E-state index contributed by atoms with van der Waals surface area (Å²) in [4.78, 5) is 16.4. The summed E-state index contributed by atoms with van der Waals surface area (Å²) in [5.74, 6) is 1.60. The van der Waals surface area contributed by atoms with Crippen LogP contribution in [0.15, 0.2) is 24.3 Å². The van der Waals surface area contributed by atoms with Crippen molar-refractivity contribution in [3.63, 3.8) is 0 Å². The van der Waals surface area contributed by atoms with Crippen LogP contribution in [0.5, 0.6) is 5.75 Å². The number of nitrogens with one attached hydrogen (secondary N) is 1. The summed E-state index contributed by atoms with van der Waals surface area (Å²) in [6, 6.07) is 7.71. The van der Waals surface area contributed by atoms with Crippen LogP contribution >= 0.6 is 0 Å². The lowest BCUT2D eigenvalue weighted by Gasteiger charge is -2.36. The zero-order chi connectivity index (χ0) is 20.1. The Labute approximate surface area is 165 Å². The first-order valence-corrected chi connectivity index (χ1v) is 9.65. The Morgan fingerprint density at radius 3 is 2.43 bits per heavy atom. The number of tetrazole rings is 1. The van der Waals surface area contributed by atoms with Crippen molar-refractivity contribution in [2.24, 2.45) is 0 Å². The predicted octanol–water partition coefficient (Wildman–Crippen LogP) is 1.69. The highest BCUT2D eigenvalue weighted by molar-refractivity contribution is 5.75. The minimum absolute atomic E-state index is 0.00799. The Morgan fingerprint density at radius 1 is 1.14 bits per heavy atom. The van der Waals surface area contributed by atoms with Gasteiger partial charge in [-0.25, -0.2) is 4.79 Å². The summed E-state index contributed by atoms with van der Waals surface area (Å²) in [5, 5.41) is 15.2. The van der Waals surface area contributed by atoms with E-state index in [-0.39, 0.29) is 11.6 Å². The molecule has 152 valence electrons. The molecule has 0 bridgehead atoms. The molecule has 1 aliphatic rings. The third kappa shape index (κ3) is 5.19. The second kappa shape index (κ2) is 8.55. The smallest absolute Gasteiger partial charge is 0.317 e. The number of aromatic nitrogens is 4. The van der Waals surface area contributed by atoms with E-state index in [0.29, 0.717) is 26.2 Å². The second-order valence-corrected chi connectivity index (χ2v) is 7.88. The Balaban J connectivity index is 1.58. The molecular formula is C19H29N7O2. The molecule has 2 amide bonds. The van der Waals surface area contributed by atoms with Gasteiger partial charge < -0.3 is 15.0 Å². The molecule has 0 unspecified atom stereocenters. The molecule has 2 heterocycles. The van der Waals surface area contributed by atoms with Gasteiger partial charge in [0.1, 0.15) is 5.75 Å². The molecule has 0 radical (unpaired) electrons. The van der Waals surface area contributed by atoms with Crippen molar-refractivity contribution in [2.75, 3.05) is 32.8 Å². The van der Waals surface area contributed by atoms with E-state index in [1.165, 1.54) is 0 Å². The lowest BCUT2D eigenvalue weighted by atomic mass is 10.1. The number of hydrogen-bond acceptors (Lipinski definition) is 6. The second-order valence-electron chi connectivity index (χ2n) is 7.88. The molecule has 2 aromatic rings. The third-order valence-corrected chi connectivity index (χ3v) is 4.43. The van der Waals surface area contributed by atoms with Gasteiger partial charge in [0, 0.05) is 31.7 Å². The summed E-state index contributed by atoms with van der Waals surface area (Å²) in [7, 11) is 0. The molecule has 1 aliphatic heterocycles. The minimum atomic E-state index is -0.228. The van der Waals surface area contributed by atoms with Crippen LogP contribution < -0.4 is 10.1 Å². The van der Waals surface area contributed by atoms with Crippen molar-refractivity contribution in [3.8, 4) is 11.4 Å². The van der Waals surface area contributed by atoms with Crippen molar-refractivity contribution in [1.29, 1.82) is 0 Å². The van der Waals surface area contributed by atoms with Crippen molar-refractivity contribution in [2.45, 2.75) is 39.8 Å². The molecule has 9 nitrogen and oxygen atoms in total. The zero-order valence-corrected chi connectivity index (χ0v) is 17.1. The first-order valence-electron chi connectivity index (χ1n) is 9.65. The molecule has 1 fully saturated rings. The fourth-order valence-corrected chi connectivity index (χ4v) is 3.06. The molecule has 1 N–H and O–H groups in total. The summed E-state index contributed by atoms with van der Waals surface area (Å²) in [6.45, 7) is 12.1. The van der Waals surface area contributed by atoms with Crippen LogP contribution in [0.1, 0.15) is 33.5 Å². The number of carbonyl (C=O) groups excluding carboxylic acids is 1. The highest BCUT2D eigenvalue weighted by Crippen LogP contribution is 2.16. The van der Waals surface area contributed by atoms with E-state index in [1.54, 1.807) is 4.68 Å². The monoisotopic (exact) mass is 387 g/mol. The van der Waals surface area contributed by atoms with Crippen LogP contribution in [0.25, 0.3) is 5.69 Å². The molecule has 3 rings (SSSR count). The number of hydrogen-bond donors (Lipinski definition) is 1. The maximum atomic E-state index is 12.3. The third-order valence-electron chi connectivity index (χ3n) is 4.43. The average molecular weight is 387 g/mol. The fourth-order valence-electron chi connectivity index (χ4n) is 3.06.